The van der Waals surface area contributed by atoms with Crippen molar-refractivity contribution in [3.63, 3.8) is 0 Å². The van der Waals surface area contributed by atoms with E-state index in [0.717, 1.165) is 5.56 Å². The molecule has 9 nitrogen and oxygen atoms in total. The van der Waals surface area contributed by atoms with Crippen LogP contribution in [0.25, 0.3) is 22.3 Å². The van der Waals surface area contributed by atoms with Gasteiger partial charge in [0, 0.05) is 31.7 Å². The maximum atomic E-state index is 13.9. The van der Waals surface area contributed by atoms with E-state index in [1.54, 1.807) is 22.6 Å². The van der Waals surface area contributed by atoms with Crippen molar-refractivity contribution in [1.82, 2.24) is 24.6 Å². The van der Waals surface area contributed by atoms with Crippen LogP contribution in [0.4, 0.5) is 21.0 Å². The van der Waals surface area contributed by atoms with Crippen LogP contribution in [0.1, 0.15) is 12.5 Å². The topological polar surface area (TPSA) is 102 Å². The average molecular weight is 510 g/mol. The molecule has 0 aliphatic carbocycles. The van der Waals surface area contributed by atoms with Gasteiger partial charge in [-0.15, -0.1) is 5.10 Å². The van der Waals surface area contributed by atoms with Gasteiger partial charge in [0.1, 0.15) is 11.6 Å². The number of anilines is 2. The summed E-state index contributed by atoms with van der Waals surface area (Å²) in [6, 6.07) is 14.3. The van der Waals surface area contributed by atoms with E-state index >= 15 is 0 Å². The quantitative estimate of drug-likeness (QED) is 0.430. The monoisotopic (exact) mass is 509 g/mol. The molecule has 36 heavy (non-hydrogen) atoms. The molecule has 2 aromatic carbocycles. The molecule has 0 unspecified atom stereocenters. The maximum Gasteiger partial charge on any atom is 0.409 e. The number of nitrogens with zero attached hydrogens (tertiary/aromatic N) is 6. The normalized spacial score (nSPS) is 13.9. The van der Waals surface area contributed by atoms with Gasteiger partial charge < -0.3 is 20.3 Å². The first kappa shape index (κ1) is 23.8. The minimum Gasteiger partial charge on any atom is -0.450 e. The van der Waals surface area contributed by atoms with Crippen molar-refractivity contribution in [3.8, 4) is 11.3 Å². The third-order valence-corrected chi connectivity index (χ3v) is 6.37. The van der Waals surface area contributed by atoms with Crippen molar-refractivity contribution in [3.05, 3.63) is 64.9 Å². The van der Waals surface area contributed by atoms with Gasteiger partial charge in [0.25, 0.3) is 0 Å². The van der Waals surface area contributed by atoms with Gasteiger partial charge in [0.15, 0.2) is 5.65 Å². The zero-order valence-electron chi connectivity index (χ0n) is 19.7. The Morgan fingerprint density at radius 2 is 1.86 bits per heavy atom. The molecular weight excluding hydrogens is 485 g/mol. The molecule has 1 aliphatic rings. The van der Waals surface area contributed by atoms with Gasteiger partial charge in [-0.2, -0.15) is 4.98 Å². The van der Waals surface area contributed by atoms with Crippen LogP contribution in [-0.4, -0.2) is 63.5 Å². The third kappa shape index (κ3) is 4.64. The molecule has 0 atom stereocenters. The Bertz CT molecular complexity index is 1400. The lowest BCUT2D eigenvalue weighted by atomic mass is 10.1. The van der Waals surface area contributed by atoms with Crippen LogP contribution in [0.2, 0.25) is 5.02 Å². The zero-order valence-corrected chi connectivity index (χ0v) is 20.5. The van der Waals surface area contributed by atoms with Crippen molar-refractivity contribution in [2.45, 2.75) is 13.5 Å². The van der Waals surface area contributed by atoms with Gasteiger partial charge in [0.2, 0.25) is 5.95 Å². The molecule has 11 heteroatoms. The van der Waals surface area contributed by atoms with E-state index in [1.807, 2.05) is 35.2 Å². The Hall–Kier alpha value is -3.92. The van der Waals surface area contributed by atoms with Gasteiger partial charge >= 0.3 is 6.09 Å². The largest absolute Gasteiger partial charge is 0.450 e. The van der Waals surface area contributed by atoms with Crippen LogP contribution in [-0.2, 0) is 11.3 Å². The number of hydrogen-bond acceptors (Lipinski definition) is 7. The van der Waals surface area contributed by atoms with Gasteiger partial charge in [-0.25, -0.2) is 18.9 Å². The fourth-order valence-electron chi connectivity index (χ4n) is 4.22. The van der Waals surface area contributed by atoms with Crippen molar-refractivity contribution < 1.29 is 13.9 Å². The molecule has 2 aromatic heterocycles. The van der Waals surface area contributed by atoms with Crippen LogP contribution in [0.5, 0.6) is 0 Å². The van der Waals surface area contributed by atoms with Crippen LogP contribution < -0.4 is 10.6 Å². The molecule has 3 heterocycles. The predicted molar refractivity (Wildman–Crippen MR) is 136 cm³/mol. The highest BCUT2D eigenvalue weighted by molar-refractivity contribution is 6.31. The molecule has 1 aliphatic heterocycles. The second kappa shape index (κ2) is 9.98. The summed E-state index contributed by atoms with van der Waals surface area (Å²) in [5, 5.41) is 5.24. The first-order valence-corrected chi connectivity index (χ1v) is 12.0. The molecule has 4 aromatic rings. The Balaban J connectivity index is 1.55. The molecule has 1 fully saturated rings. The number of piperazine rings is 1. The minimum absolute atomic E-state index is 0.0147. The van der Waals surface area contributed by atoms with Gasteiger partial charge in [-0.1, -0.05) is 41.9 Å². The number of hydrogen-bond donors (Lipinski definition) is 1. The average Bonchev–Trinajstić information content (AvgIpc) is 3.21. The van der Waals surface area contributed by atoms with Crippen LogP contribution in [0, 0.1) is 5.82 Å². The second-order valence-corrected chi connectivity index (χ2v) is 8.81. The number of carbonyl (C=O) groups excluding carboxylic acids is 1. The van der Waals surface area contributed by atoms with E-state index in [2.05, 4.69) is 5.10 Å². The predicted octanol–water partition coefficient (Wildman–Crippen LogP) is 4.19. The number of benzene rings is 2. The van der Waals surface area contributed by atoms with Gasteiger partial charge in [0.05, 0.1) is 29.3 Å². The third-order valence-electron chi connectivity index (χ3n) is 6.08. The van der Waals surface area contributed by atoms with E-state index in [-0.39, 0.29) is 11.1 Å². The molecular formula is C25H25ClFN7O2. The summed E-state index contributed by atoms with van der Waals surface area (Å²) < 4.78 is 20.7. The summed E-state index contributed by atoms with van der Waals surface area (Å²) in [6.07, 6.45) is -0.331. The number of amides is 1. The summed E-state index contributed by atoms with van der Waals surface area (Å²) >= 11 is 6.10. The second-order valence-electron chi connectivity index (χ2n) is 8.40. The number of carbonyl (C=O) groups is 1. The first-order chi connectivity index (χ1) is 17.4. The molecule has 5 rings (SSSR count). The lowest BCUT2D eigenvalue weighted by molar-refractivity contribution is 0.105. The molecule has 0 radical (unpaired) electrons. The zero-order chi connectivity index (χ0) is 25.2. The maximum absolute atomic E-state index is 13.9. The number of ether oxygens (including phenoxy) is 1. The van der Waals surface area contributed by atoms with Crippen molar-refractivity contribution in [2.75, 3.05) is 43.4 Å². The summed E-state index contributed by atoms with van der Waals surface area (Å²) in [5.74, 6) is 0.336. The lowest BCUT2D eigenvalue weighted by Crippen LogP contribution is -2.49. The van der Waals surface area contributed by atoms with E-state index in [1.165, 1.54) is 12.1 Å². The van der Waals surface area contributed by atoms with E-state index in [9.17, 15) is 9.18 Å². The van der Waals surface area contributed by atoms with Gasteiger partial charge in [-0.3, -0.25) is 0 Å². The van der Waals surface area contributed by atoms with Crippen LogP contribution in [0.3, 0.4) is 0 Å². The highest BCUT2D eigenvalue weighted by Crippen LogP contribution is 2.34. The Morgan fingerprint density at radius 3 is 2.56 bits per heavy atom. The standard InChI is InChI=1S/C25H25ClFN7O2/c1-2-36-25(35)33-12-10-32(11-13-33)24-29-21(17-8-9-19(27)18(26)14-17)20-22(28)34(31-23(20)30-24)15-16-6-4-3-5-7-16/h3-9,14H,2,10-13,15,28H2,1H3. The fourth-order valence-corrected chi connectivity index (χ4v) is 4.40. The number of rotatable bonds is 5. The Labute approximate surface area is 212 Å². The molecule has 0 bridgehead atoms. The van der Waals surface area contributed by atoms with Crippen molar-refractivity contribution in [2.24, 2.45) is 0 Å². The molecule has 1 saturated heterocycles. The van der Waals surface area contributed by atoms with Crippen LogP contribution in [0.15, 0.2) is 48.5 Å². The SMILES string of the molecule is CCOC(=O)N1CCN(c2nc(-c3ccc(F)c(Cl)c3)c3c(N)n(Cc4ccccc4)nc3n2)CC1. The van der Waals surface area contributed by atoms with Gasteiger partial charge in [-0.05, 0) is 30.7 Å². The highest BCUT2D eigenvalue weighted by Gasteiger charge is 2.26. The Kier molecular flexibility index (Phi) is 6.60. The molecule has 186 valence electrons. The summed E-state index contributed by atoms with van der Waals surface area (Å²) in [5.41, 5.74) is 9.12. The fraction of sp³-hybridized carbons (Fsp3) is 0.280. The van der Waals surface area contributed by atoms with Crippen molar-refractivity contribution in [1.29, 1.82) is 0 Å². The number of halogens is 2. The molecule has 0 saturated carbocycles. The minimum atomic E-state index is -0.520. The number of aromatic nitrogens is 4. The van der Waals surface area contributed by atoms with Crippen molar-refractivity contribution >= 4 is 40.5 Å². The van der Waals surface area contributed by atoms with E-state index in [4.69, 9.17) is 32.0 Å². The highest BCUT2D eigenvalue weighted by atomic mass is 35.5. The van der Waals surface area contributed by atoms with E-state index in [0.29, 0.717) is 73.4 Å². The lowest BCUT2D eigenvalue weighted by Gasteiger charge is -2.34. The number of nitrogens with two attached hydrogens (primary N) is 1. The first-order valence-electron chi connectivity index (χ1n) is 11.6. The Morgan fingerprint density at radius 1 is 1.11 bits per heavy atom. The number of fused-ring (bicyclic) bond motifs is 1. The molecule has 1 amide bonds. The molecule has 2 N–H and O–H groups in total. The van der Waals surface area contributed by atoms with Crippen LogP contribution >= 0.6 is 11.6 Å². The summed E-state index contributed by atoms with van der Waals surface area (Å²) in [4.78, 5) is 25.3. The summed E-state index contributed by atoms with van der Waals surface area (Å²) in [7, 11) is 0. The number of nitrogen functional groups attached to an aromatic ring is 1. The van der Waals surface area contributed by atoms with E-state index < -0.39 is 5.82 Å². The molecule has 0 spiro atoms. The summed E-state index contributed by atoms with van der Waals surface area (Å²) in [6.45, 7) is 4.56. The smallest absolute Gasteiger partial charge is 0.409 e.